The van der Waals surface area contributed by atoms with Gasteiger partial charge in [0.15, 0.2) is 5.56 Å². The molecule has 0 N–H and O–H groups in total. The second-order valence-corrected chi connectivity index (χ2v) is 7.78. The third kappa shape index (κ3) is 8.02. The van der Waals surface area contributed by atoms with Crippen molar-refractivity contribution in [2.45, 2.75) is 45.5 Å². The van der Waals surface area contributed by atoms with Crippen LogP contribution in [-0.4, -0.2) is 54.9 Å². The van der Waals surface area contributed by atoms with Crippen LogP contribution in [0.1, 0.15) is 33.3 Å². The quantitative estimate of drug-likeness (QED) is 0.223. The first-order valence-corrected chi connectivity index (χ1v) is 9.14. The molecule has 1 aromatic heterocycles. The molecule has 11 heteroatoms. The zero-order chi connectivity index (χ0) is 22.4. The molecular weight excluding hydrogens is 406 g/mol. The number of anilines is 1. The molecular formula is C18H26ClN3O7. The fraction of sp³-hybridized carbons (Fsp3) is 0.556. The lowest BCUT2D eigenvalue weighted by atomic mass is 10.2. The summed E-state index contributed by atoms with van der Waals surface area (Å²) >= 11 is 5.63. The van der Waals surface area contributed by atoms with Crippen LogP contribution >= 0.6 is 11.6 Å². The van der Waals surface area contributed by atoms with Crippen LogP contribution in [0, 0.1) is 5.21 Å². The number of esters is 1. The molecule has 29 heavy (non-hydrogen) atoms. The monoisotopic (exact) mass is 431 g/mol. The summed E-state index contributed by atoms with van der Waals surface area (Å²) < 4.78 is 15.6. The fourth-order valence-corrected chi connectivity index (χ4v) is 2.18. The highest BCUT2D eigenvalue weighted by atomic mass is 35.5. The Morgan fingerprint density at radius 1 is 1.24 bits per heavy atom. The van der Waals surface area contributed by atoms with Crippen molar-refractivity contribution in [3.8, 4) is 0 Å². The molecule has 1 heterocycles. The van der Waals surface area contributed by atoms with Gasteiger partial charge in [0.1, 0.15) is 18.8 Å². The molecule has 0 spiro atoms. The SMILES string of the molecule is CC(Cl)OC(=O)N(C)c1c(COC(=O)CN(C)C(=O)OC(C)(C)C)ccc[n+]1[O-]. The molecule has 0 fully saturated rings. The minimum Gasteiger partial charge on any atom is -0.711 e. The minimum absolute atomic E-state index is 0.0805. The molecule has 0 aliphatic carbocycles. The van der Waals surface area contributed by atoms with Crippen molar-refractivity contribution < 1.29 is 33.3 Å². The predicted molar refractivity (Wildman–Crippen MR) is 104 cm³/mol. The summed E-state index contributed by atoms with van der Waals surface area (Å²) in [5.41, 5.74) is -1.33. The van der Waals surface area contributed by atoms with Gasteiger partial charge in [-0.2, -0.15) is 9.69 Å². The van der Waals surface area contributed by atoms with Crippen molar-refractivity contribution in [3.63, 3.8) is 0 Å². The Balaban J connectivity index is 2.79. The van der Waals surface area contributed by atoms with E-state index >= 15 is 0 Å². The van der Waals surface area contributed by atoms with Gasteiger partial charge in [0, 0.05) is 7.05 Å². The highest BCUT2D eigenvalue weighted by Crippen LogP contribution is 2.17. The smallest absolute Gasteiger partial charge is 0.508 e. The van der Waals surface area contributed by atoms with Crippen LogP contribution in [0.5, 0.6) is 0 Å². The van der Waals surface area contributed by atoms with E-state index in [1.807, 2.05) is 0 Å². The maximum absolute atomic E-state index is 12.1. The molecule has 1 rings (SSSR count). The Morgan fingerprint density at radius 3 is 2.41 bits per heavy atom. The van der Waals surface area contributed by atoms with Crippen molar-refractivity contribution in [2.24, 2.45) is 0 Å². The second-order valence-electron chi connectivity index (χ2n) is 7.17. The topological polar surface area (TPSA) is 112 Å². The van der Waals surface area contributed by atoms with Gasteiger partial charge >= 0.3 is 18.2 Å². The first-order chi connectivity index (χ1) is 13.3. The van der Waals surface area contributed by atoms with E-state index in [2.05, 4.69) is 0 Å². The summed E-state index contributed by atoms with van der Waals surface area (Å²) in [5, 5.41) is 12.1. The fourth-order valence-electron chi connectivity index (χ4n) is 2.11. The first-order valence-electron chi connectivity index (χ1n) is 8.71. The van der Waals surface area contributed by atoms with Crippen LogP contribution in [0.15, 0.2) is 18.3 Å². The van der Waals surface area contributed by atoms with Gasteiger partial charge in [0.25, 0.3) is 5.82 Å². The van der Waals surface area contributed by atoms with Crippen LogP contribution in [0.2, 0.25) is 0 Å². The number of rotatable bonds is 6. The summed E-state index contributed by atoms with van der Waals surface area (Å²) in [5.74, 6) is -0.798. The van der Waals surface area contributed by atoms with E-state index in [9.17, 15) is 19.6 Å². The van der Waals surface area contributed by atoms with E-state index in [1.165, 1.54) is 39.3 Å². The van der Waals surface area contributed by atoms with E-state index in [-0.39, 0.29) is 24.5 Å². The Labute approximate surface area is 174 Å². The van der Waals surface area contributed by atoms with E-state index in [0.29, 0.717) is 4.73 Å². The number of likely N-dealkylation sites (N-methyl/N-ethyl adjacent to an activating group) is 1. The van der Waals surface area contributed by atoms with E-state index in [1.54, 1.807) is 20.8 Å². The summed E-state index contributed by atoms with van der Waals surface area (Å²) in [4.78, 5) is 38.0. The number of pyridine rings is 1. The van der Waals surface area contributed by atoms with Crippen LogP contribution in [0.4, 0.5) is 15.4 Å². The lowest BCUT2D eigenvalue weighted by Crippen LogP contribution is -2.41. The number of hydrogen-bond acceptors (Lipinski definition) is 7. The Kier molecular flexibility index (Phi) is 8.50. The standard InChI is InChI=1S/C18H26ClN3O7/c1-12(19)28-17(25)21(6)15-13(8-7-9-22(15)26)11-27-14(23)10-20(5)16(24)29-18(2,3)4/h7-9,12H,10-11H2,1-6H3. The van der Waals surface area contributed by atoms with Gasteiger partial charge in [-0.25, -0.2) is 9.52 Å². The zero-order valence-corrected chi connectivity index (χ0v) is 18.1. The molecule has 0 radical (unpaired) electrons. The maximum Gasteiger partial charge on any atom is 0.508 e. The van der Waals surface area contributed by atoms with Crippen molar-refractivity contribution in [1.29, 1.82) is 0 Å². The Bertz CT molecular complexity index is 749. The van der Waals surface area contributed by atoms with Gasteiger partial charge in [0.05, 0.1) is 18.8 Å². The molecule has 0 bridgehead atoms. The number of carbonyl (C=O) groups excluding carboxylic acids is 3. The number of halogens is 1. The molecule has 10 nitrogen and oxygen atoms in total. The highest BCUT2D eigenvalue weighted by molar-refractivity contribution is 6.20. The van der Waals surface area contributed by atoms with E-state index < -0.39 is 29.3 Å². The number of carbonyl (C=O) groups is 3. The molecule has 2 amide bonds. The van der Waals surface area contributed by atoms with Crippen molar-refractivity contribution >= 4 is 35.6 Å². The number of alkyl halides is 1. The van der Waals surface area contributed by atoms with Gasteiger partial charge in [0.2, 0.25) is 0 Å². The van der Waals surface area contributed by atoms with Crippen LogP contribution in [0.25, 0.3) is 0 Å². The maximum atomic E-state index is 12.1. The lowest BCUT2D eigenvalue weighted by molar-refractivity contribution is -0.592. The number of nitrogens with zero attached hydrogens (tertiary/aromatic N) is 3. The number of ether oxygens (including phenoxy) is 3. The molecule has 0 saturated heterocycles. The number of hydrogen-bond donors (Lipinski definition) is 0. The zero-order valence-electron chi connectivity index (χ0n) is 17.3. The van der Waals surface area contributed by atoms with E-state index in [4.69, 9.17) is 25.8 Å². The summed E-state index contributed by atoms with van der Waals surface area (Å²) in [6, 6.07) is 2.96. The predicted octanol–water partition coefficient (Wildman–Crippen LogP) is 2.39. The van der Waals surface area contributed by atoms with E-state index in [0.717, 1.165) is 9.80 Å². The average molecular weight is 432 g/mol. The van der Waals surface area contributed by atoms with Crippen molar-refractivity contribution in [1.82, 2.24) is 4.90 Å². The molecule has 162 valence electrons. The van der Waals surface area contributed by atoms with Crippen LogP contribution < -0.4 is 9.63 Å². The van der Waals surface area contributed by atoms with Crippen LogP contribution in [-0.2, 0) is 25.6 Å². The third-order valence-electron chi connectivity index (χ3n) is 3.33. The van der Waals surface area contributed by atoms with Crippen molar-refractivity contribution in [3.05, 3.63) is 29.1 Å². The Morgan fingerprint density at radius 2 is 1.86 bits per heavy atom. The highest BCUT2D eigenvalue weighted by Gasteiger charge is 2.28. The lowest BCUT2D eigenvalue weighted by Gasteiger charge is -2.24. The van der Waals surface area contributed by atoms with Gasteiger partial charge in [-0.05, 0) is 39.8 Å². The molecule has 1 unspecified atom stereocenters. The van der Waals surface area contributed by atoms with Gasteiger partial charge < -0.3 is 24.3 Å². The normalized spacial score (nSPS) is 12.0. The van der Waals surface area contributed by atoms with Gasteiger partial charge in [-0.15, -0.1) is 0 Å². The number of amides is 2. The molecule has 0 aromatic carbocycles. The molecule has 0 aliphatic rings. The molecule has 0 aliphatic heterocycles. The second kappa shape index (κ2) is 10.1. The van der Waals surface area contributed by atoms with Gasteiger partial charge in [-0.1, -0.05) is 11.6 Å². The summed E-state index contributed by atoms with van der Waals surface area (Å²) in [7, 11) is 2.72. The Hall–Kier alpha value is -2.75. The molecule has 0 saturated carbocycles. The summed E-state index contributed by atoms with van der Waals surface area (Å²) in [6.07, 6.45) is -0.337. The van der Waals surface area contributed by atoms with Crippen molar-refractivity contribution in [2.75, 3.05) is 25.5 Å². The molecule has 1 aromatic rings. The average Bonchev–Trinajstić information content (AvgIpc) is 2.57. The third-order valence-corrected chi connectivity index (χ3v) is 3.42. The van der Waals surface area contributed by atoms with Crippen LogP contribution in [0.3, 0.4) is 0 Å². The molecule has 1 atom stereocenters. The first kappa shape index (κ1) is 24.3. The number of aromatic nitrogens is 1. The largest absolute Gasteiger partial charge is 0.711 e. The minimum atomic E-state index is -0.890. The summed E-state index contributed by atoms with van der Waals surface area (Å²) in [6.45, 7) is 5.92. The van der Waals surface area contributed by atoms with Gasteiger partial charge in [-0.3, -0.25) is 4.79 Å².